The SMILES string of the molecule is CN(C)C(=O)CN1CCC(Nc2nc3cc(C(F)(F)F)ccc3s2)CC1. The van der Waals surface area contributed by atoms with Crippen molar-refractivity contribution >= 4 is 32.6 Å². The Balaban J connectivity index is 1.59. The van der Waals surface area contributed by atoms with E-state index in [1.165, 1.54) is 17.4 Å². The fourth-order valence-corrected chi connectivity index (χ4v) is 3.83. The molecule has 1 N–H and O–H groups in total. The monoisotopic (exact) mass is 386 g/mol. The maximum absolute atomic E-state index is 12.8. The maximum atomic E-state index is 12.8. The zero-order chi connectivity index (χ0) is 18.9. The van der Waals surface area contributed by atoms with Crippen LogP contribution in [0.5, 0.6) is 0 Å². The Hall–Kier alpha value is -1.87. The number of likely N-dealkylation sites (N-methyl/N-ethyl adjacent to an activating group) is 1. The summed E-state index contributed by atoms with van der Waals surface area (Å²) < 4.78 is 39.1. The first-order valence-corrected chi connectivity index (χ1v) is 9.21. The predicted molar refractivity (Wildman–Crippen MR) is 96.4 cm³/mol. The van der Waals surface area contributed by atoms with E-state index >= 15 is 0 Å². The van der Waals surface area contributed by atoms with Crippen molar-refractivity contribution in [2.75, 3.05) is 39.0 Å². The minimum absolute atomic E-state index is 0.0862. The lowest BCUT2D eigenvalue weighted by Crippen LogP contribution is -2.43. The summed E-state index contributed by atoms with van der Waals surface area (Å²) in [7, 11) is 3.49. The highest BCUT2D eigenvalue weighted by atomic mass is 32.1. The second kappa shape index (κ2) is 7.40. The lowest BCUT2D eigenvalue weighted by molar-refractivity contribution is -0.137. The van der Waals surface area contributed by atoms with Gasteiger partial charge in [-0.2, -0.15) is 13.2 Å². The van der Waals surface area contributed by atoms with Gasteiger partial charge in [-0.1, -0.05) is 11.3 Å². The van der Waals surface area contributed by atoms with Gasteiger partial charge in [-0.25, -0.2) is 4.98 Å². The normalized spacial score (nSPS) is 16.8. The summed E-state index contributed by atoms with van der Waals surface area (Å²) in [4.78, 5) is 19.8. The number of thiazole rings is 1. The van der Waals surface area contributed by atoms with Crippen molar-refractivity contribution in [3.63, 3.8) is 0 Å². The molecule has 0 bridgehead atoms. The zero-order valence-electron chi connectivity index (χ0n) is 14.6. The van der Waals surface area contributed by atoms with Crippen LogP contribution in [0.1, 0.15) is 18.4 Å². The first kappa shape index (κ1) is 18.9. The topological polar surface area (TPSA) is 48.5 Å². The van der Waals surface area contributed by atoms with Gasteiger partial charge in [0.2, 0.25) is 5.91 Å². The van der Waals surface area contributed by atoms with Crippen LogP contribution in [-0.2, 0) is 11.0 Å². The van der Waals surface area contributed by atoms with Crippen molar-refractivity contribution in [2.45, 2.75) is 25.1 Å². The summed E-state index contributed by atoms with van der Waals surface area (Å²) in [5.74, 6) is 0.0862. The largest absolute Gasteiger partial charge is 0.416 e. The van der Waals surface area contributed by atoms with Gasteiger partial charge < -0.3 is 10.2 Å². The number of carbonyl (C=O) groups excluding carboxylic acids is 1. The van der Waals surface area contributed by atoms with E-state index < -0.39 is 11.7 Å². The first-order chi connectivity index (χ1) is 12.2. The Kier molecular flexibility index (Phi) is 5.38. The fraction of sp³-hybridized carbons (Fsp3) is 0.529. The van der Waals surface area contributed by atoms with E-state index in [-0.39, 0.29) is 11.9 Å². The lowest BCUT2D eigenvalue weighted by atomic mass is 10.1. The molecule has 0 aliphatic carbocycles. The molecular formula is C17H21F3N4OS. The van der Waals surface area contributed by atoms with Gasteiger partial charge in [-0.3, -0.25) is 9.69 Å². The van der Waals surface area contributed by atoms with E-state index in [4.69, 9.17) is 0 Å². The van der Waals surface area contributed by atoms with Gasteiger partial charge in [0, 0.05) is 33.2 Å². The summed E-state index contributed by atoms with van der Waals surface area (Å²) in [5, 5.41) is 3.97. The molecule has 2 heterocycles. The van der Waals surface area contributed by atoms with Crippen molar-refractivity contribution < 1.29 is 18.0 Å². The first-order valence-electron chi connectivity index (χ1n) is 8.39. The maximum Gasteiger partial charge on any atom is 0.416 e. The van der Waals surface area contributed by atoms with E-state index in [0.717, 1.165) is 42.8 Å². The van der Waals surface area contributed by atoms with Gasteiger partial charge in [0.25, 0.3) is 0 Å². The molecule has 2 aromatic rings. The average Bonchev–Trinajstić information content (AvgIpc) is 2.97. The molecule has 1 saturated heterocycles. The number of carbonyl (C=O) groups is 1. The van der Waals surface area contributed by atoms with Gasteiger partial charge >= 0.3 is 6.18 Å². The molecule has 26 heavy (non-hydrogen) atoms. The summed E-state index contributed by atoms with van der Waals surface area (Å²) in [5.41, 5.74) is -0.318. The molecule has 0 atom stereocenters. The van der Waals surface area contributed by atoms with Crippen molar-refractivity contribution in [1.82, 2.24) is 14.8 Å². The number of rotatable bonds is 4. The van der Waals surface area contributed by atoms with Gasteiger partial charge in [-0.15, -0.1) is 0 Å². The second-order valence-corrected chi connectivity index (χ2v) is 7.71. The summed E-state index contributed by atoms with van der Waals surface area (Å²) in [6.45, 7) is 2.03. The van der Waals surface area contributed by atoms with Crippen LogP contribution in [0, 0.1) is 0 Å². The number of nitrogens with one attached hydrogen (secondary N) is 1. The molecule has 1 aliphatic heterocycles. The molecule has 0 spiro atoms. The van der Waals surface area contributed by atoms with Crippen LogP contribution < -0.4 is 5.32 Å². The molecule has 0 unspecified atom stereocenters. The Morgan fingerprint density at radius 1 is 1.35 bits per heavy atom. The van der Waals surface area contributed by atoms with E-state index in [0.29, 0.717) is 17.2 Å². The van der Waals surface area contributed by atoms with Crippen LogP contribution in [0.3, 0.4) is 0 Å². The molecule has 1 aromatic heterocycles. The van der Waals surface area contributed by atoms with Crippen molar-refractivity contribution in [3.8, 4) is 0 Å². The number of likely N-dealkylation sites (tertiary alicyclic amines) is 1. The standard InChI is InChI=1S/C17H21F3N4OS/c1-23(2)15(25)10-24-7-5-12(6-8-24)21-16-22-13-9-11(17(18,19)20)3-4-14(13)26-16/h3-4,9,12H,5-8,10H2,1-2H3,(H,21,22). The predicted octanol–water partition coefficient (Wildman–Crippen LogP) is 3.28. The molecular weight excluding hydrogens is 365 g/mol. The van der Waals surface area contributed by atoms with E-state index in [1.807, 2.05) is 0 Å². The molecule has 9 heteroatoms. The second-order valence-electron chi connectivity index (χ2n) is 6.68. The Morgan fingerprint density at radius 2 is 2.04 bits per heavy atom. The Bertz CT molecular complexity index is 782. The number of halogens is 3. The highest BCUT2D eigenvalue weighted by Gasteiger charge is 2.31. The quantitative estimate of drug-likeness (QED) is 0.876. The molecule has 0 saturated carbocycles. The number of alkyl halides is 3. The van der Waals surface area contributed by atoms with Crippen molar-refractivity contribution in [3.05, 3.63) is 23.8 Å². The number of hydrogen-bond acceptors (Lipinski definition) is 5. The van der Waals surface area contributed by atoms with E-state index in [2.05, 4.69) is 15.2 Å². The van der Waals surface area contributed by atoms with Crippen LogP contribution in [0.15, 0.2) is 18.2 Å². The van der Waals surface area contributed by atoms with Crippen LogP contribution in [-0.4, -0.2) is 60.5 Å². The van der Waals surface area contributed by atoms with Gasteiger partial charge in [0.05, 0.1) is 22.3 Å². The number of benzene rings is 1. The molecule has 5 nitrogen and oxygen atoms in total. The van der Waals surface area contributed by atoms with Crippen LogP contribution in [0.4, 0.5) is 18.3 Å². The molecule has 1 aliphatic rings. The fourth-order valence-electron chi connectivity index (χ4n) is 2.91. The minimum Gasteiger partial charge on any atom is -0.359 e. The third-order valence-corrected chi connectivity index (χ3v) is 5.46. The molecule has 3 rings (SSSR count). The van der Waals surface area contributed by atoms with E-state index in [9.17, 15) is 18.0 Å². The molecule has 1 fully saturated rings. The number of fused-ring (bicyclic) bond motifs is 1. The number of anilines is 1. The number of hydrogen-bond donors (Lipinski definition) is 1. The third kappa shape index (κ3) is 4.45. The Labute approximate surface area is 153 Å². The summed E-state index contributed by atoms with van der Waals surface area (Å²) >= 11 is 1.36. The molecule has 1 aromatic carbocycles. The molecule has 142 valence electrons. The van der Waals surface area contributed by atoms with Gasteiger partial charge in [0.1, 0.15) is 0 Å². The zero-order valence-corrected chi connectivity index (χ0v) is 15.5. The number of piperidine rings is 1. The molecule has 1 amide bonds. The van der Waals surface area contributed by atoms with Crippen LogP contribution in [0.25, 0.3) is 10.2 Å². The van der Waals surface area contributed by atoms with Crippen molar-refractivity contribution in [1.29, 1.82) is 0 Å². The number of aromatic nitrogens is 1. The van der Waals surface area contributed by atoms with Gasteiger partial charge in [-0.05, 0) is 31.0 Å². The number of nitrogens with zero attached hydrogens (tertiary/aromatic N) is 3. The highest BCUT2D eigenvalue weighted by Crippen LogP contribution is 2.34. The number of amides is 1. The third-order valence-electron chi connectivity index (χ3n) is 4.49. The minimum atomic E-state index is -4.36. The summed E-state index contributed by atoms with van der Waals surface area (Å²) in [6.07, 6.45) is -2.63. The smallest absolute Gasteiger partial charge is 0.359 e. The highest BCUT2D eigenvalue weighted by molar-refractivity contribution is 7.22. The van der Waals surface area contributed by atoms with Crippen molar-refractivity contribution in [2.24, 2.45) is 0 Å². The van der Waals surface area contributed by atoms with Crippen LogP contribution in [0.2, 0.25) is 0 Å². The Morgan fingerprint density at radius 3 is 2.65 bits per heavy atom. The molecule has 0 radical (unpaired) electrons. The van der Waals surface area contributed by atoms with Crippen LogP contribution >= 0.6 is 11.3 Å². The lowest BCUT2D eigenvalue weighted by Gasteiger charge is -2.32. The van der Waals surface area contributed by atoms with E-state index in [1.54, 1.807) is 19.0 Å². The average molecular weight is 386 g/mol. The van der Waals surface area contributed by atoms with Gasteiger partial charge in [0.15, 0.2) is 5.13 Å². The summed E-state index contributed by atoms with van der Waals surface area (Å²) in [6, 6.07) is 3.86.